The van der Waals surface area contributed by atoms with Crippen molar-refractivity contribution in [1.29, 1.82) is 0 Å². The molecule has 1 rings (SSSR count). The van der Waals surface area contributed by atoms with Crippen LogP contribution in [0.3, 0.4) is 0 Å². The minimum absolute atomic E-state index is 0.0449. The molecular weight excluding hydrogens is 224 g/mol. The van der Waals surface area contributed by atoms with Gasteiger partial charge in [0.2, 0.25) is 0 Å². The molecule has 0 aliphatic rings. The van der Waals surface area contributed by atoms with Gasteiger partial charge in [-0.15, -0.1) is 0 Å². The van der Waals surface area contributed by atoms with E-state index in [0.717, 1.165) is 6.07 Å². The number of rotatable bonds is 3. The zero-order valence-corrected chi connectivity index (χ0v) is 8.87. The maximum absolute atomic E-state index is 13.5. The van der Waals surface area contributed by atoms with Crippen molar-refractivity contribution in [3.63, 3.8) is 0 Å². The number of Topliss-reactive ketones (excluding diaryl/α,β-unsaturated/α-hetero) is 1. The Balaban J connectivity index is 3.32. The van der Waals surface area contributed by atoms with Gasteiger partial charge in [0, 0.05) is 6.42 Å². The van der Waals surface area contributed by atoms with Crippen LogP contribution in [-0.4, -0.2) is 12.3 Å². The fourth-order valence-electron chi connectivity index (χ4n) is 1.23. The van der Waals surface area contributed by atoms with Crippen molar-refractivity contribution in [3.05, 3.63) is 33.9 Å². The van der Waals surface area contributed by atoms with Crippen LogP contribution >= 0.6 is 11.6 Å². The highest BCUT2D eigenvalue weighted by Crippen LogP contribution is 2.25. The first-order valence-electron chi connectivity index (χ1n) is 4.36. The molecule has 0 radical (unpaired) electrons. The highest BCUT2D eigenvalue weighted by molar-refractivity contribution is 6.31. The molecule has 0 spiro atoms. The Morgan fingerprint density at radius 1 is 1.47 bits per heavy atom. The van der Waals surface area contributed by atoms with Crippen LogP contribution in [0, 0.1) is 18.6 Å². The van der Waals surface area contributed by atoms with E-state index in [-0.39, 0.29) is 23.6 Å². The van der Waals surface area contributed by atoms with E-state index in [1.54, 1.807) is 0 Å². The second-order valence-corrected chi connectivity index (χ2v) is 3.55. The molecule has 0 saturated carbocycles. The van der Waals surface area contributed by atoms with Crippen molar-refractivity contribution in [2.75, 3.05) is 6.54 Å². The molecular formula is C10H10ClF2NO. The van der Waals surface area contributed by atoms with Gasteiger partial charge in [0.1, 0.15) is 5.82 Å². The molecule has 5 heteroatoms. The van der Waals surface area contributed by atoms with E-state index >= 15 is 0 Å². The molecule has 0 aliphatic heterocycles. The average Bonchev–Trinajstić information content (AvgIpc) is 2.16. The van der Waals surface area contributed by atoms with Crippen molar-refractivity contribution < 1.29 is 13.6 Å². The average molecular weight is 234 g/mol. The predicted octanol–water partition coefficient (Wildman–Crippen LogP) is 2.46. The molecule has 0 aromatic heterocycles. The van der Waals surface area contributed by atoms with Gasteiger partial charge in [-0.3, -0.25) is 4.79 Å². The van der Waals surface area contributed by atoms with Crippen LogP contribution in [0.1, 0.15) is 22.3 Å². The third-order valence-electron chi connectivity index (χ3n) is 1.99. The third-order valence-corrected chi connectivity index (χ3v) is 2.26. The van der Waals surface area contributed by atoms with Crippen molar-refractivity contribution in [2.24, 2.45) is 5.73 Å². The Morgan fingerprint density at radius 2 is 2.07 bits per heavy atom. The lowest BCUT2D eigenvalue weighted by Gasteiger charge is -2.07. The molecule has 82 valence electrons. The summed E-state index contributed by atoms with van der Waals surface area (Å²) < 4.78 is 26.8. The van der Waals surface area contributed by atoms with Gasteiger partial charge in [0.15, 0.2) is 11.6 Å². The maximum Gasteiger partial charge on any atom is 0.170 e. The lowest BCUT2D eigenvalue weighted by Crippen LogP contribution is -2.13. The van der Waals surface area contributed by atoms with E-state index in [4.69, 9.17) is 17.3 Å². The Labute approximate surface area is 91.0 Å². The molecule has 0 atom stereocenters. The molecule has 0 fully saturated rings. The van der Waals surface area contributed by atoms with Crippen LogP contribution in [0.4, 0.5) is 8.78 Å². The summed E-state index contributed by atoms with van der Waals surface area (Å²) in [5.74, 6) is -2.55. The fourth-order valence-corrected chi connectivity index (χ4v) is 1.49. The minimum Gasteiger partial charge on any atom is -0.330 e. The Morgan fingerprint density at radius 3 is 2.60 bits per heavy atom. The lowest BCUT2D eigenvalue weighted by atomic mass is 10.0. The molecule has 0 heterocycles. The lowest BCUT2D eigenvalue weighted by molar-refractivity contribution is 0.0977. The molecule has 0 bridgehead atoms. The van der Waals surface area contributed by atoms with Gasteiger partial charge in [0.25, 0.3) is 0 Å². The minimum atomic E-state index is -1.02. The van der Waals surface area contributed by atoms with E-state index < -0.39 is 23.0 Å². The molecule has 2 N–H and O–H groups in total. The number of carbonyl (C=O) groups excluding carboxylic acids is 1. The first kappa shape index (κ1) is 12.1. The van der Waals surface area contributed by atoms with Crippen LogP contribution in [-0.2, 0) is 0 Å². The van der Waals surface area contributed by atoms with Crippen LogP contribution in [0.2, 0.25) is 5.02 Å². The topological polar surface area (TPSA) is 43.1 Å². The van der Waals surface area contributed by atoms with Crippen LogP contribution in [0.5, 0.6) is 0 Å². The number of hydrogen-bond donors (Lipinski definition) is 1. The highest BCUT2D eigenvalue weighted by Gasteiger charge is 2.21. The van der Waals surface area contributed by atoms with Crippen LogP contribution in [0.25, 0.3) is 0 Å². The van der Waals surface area contributed by atoms with Gasteiger partial charge >= 0.3 is 0 Å². The summed E-state index contributed by atoms with van der Waals surface area (Å²) in [6, 6.07) is 1.14. The van der Waals surface area contributed by atoms with Crippen molar-refractivity contribution >= 4 is 17.4 Å². The number of nitrogens with two attached hydrogens (primary N) is 1. The zero-order valence-electron chi connectivity index (χ0n) is 8.11. The van der Waals surface area contributed by atoms with E-state index in [9.17, 15) is 13.6 Å². The van der Waals surface area contributed by atoms with Gasteiger partial charge in [-0.2, -0.15) is 0 Å². The summed E-state index contributed by atoms with van der Waals surface area (Å²) in [6.07, 6.45) is -0.104. The van der Waals surface area contributed by atoms with E-state index in [0.29, 0.717) is 0 Å². The SMILES string of the molecule is Cc1cc(Cl)c(F)c(C(=O)CCN)c1F. The summed E-state index contributed by atoms with van der Waals surface area (Å²) in [5.41, 5.74) is 4.69. The molecule has 0 saturated heterocycles. The molecule has 0 unspecified atom stereocenters. The number of ketones is 1. The van der Waals surface area contributed by atoms with Gasteiger partial charge in [0.05, 0.1) is 10.6 Å². The first-order valence-corrected chi connectivity index (χ1v) is 4.74. The van der Waals surface area contributed by atoms with Gasteiger partial charge in [-0.1, -0.05) is 11.6 Å². The van der Waals surface area contributed by atoms with E-state index in [2.05, 4.69) is 0 Å². The van der Waals surface area contributed by atoms with Gasteiger partial charge in [-0.25, -0.2) is 8.78 Å². The summed E-state index contributed by atoms with van der Waals surface area (Å²) in [7, 11) is 0. The molecule has 15 heavy (non-hydrogen) atoms. The molecule has 0 aliphatic carbocycles. The Bertz CT molecular complexity index is 381. The van der Waals surface area contributed by atoms with Crippen molar-refractivity contribution in [1.82, 2.24) is 0 Å². The maximum atomic E-state index is 13.5. The quantitative estimate of drug-likeness (QED) is 0.644. The van der Waals surface area contributed by atoms with E-state index in [1.807, 2.05) is 0 Å². The van der Waals surface area contributed by atoms with Crippen LogP contribution < -0.4 is 5.73 Å². The Hall–Kier alpha value is -1.00. The van der Waals surface area contributed by atoms with Gasteiger partial charge in [-0.05, 0) is 25.1 Å². The fraction of sp³-hybridized carbons (Fsp3) is 0.300. The predicted molar refractivity (Wildman–Crippen MR) is 54.1 cm³/mol. The molecule has 0 amide bonds. The molecule has 2 nitrogen and oxygen atoms in total. The summed E-state index contributed by atoms with van der Waals surface area (Å²) in [6.45, 7) is 1.46. The zero-order chi connectivity index (χ0) is 11.6. The summed E-state index contributed by atoms with van der Waals surface area (Å²) in [4.78, 5) is 11.4. The number of halogens is 3. The monoisotopic (exact) mass is 233 g/mol. The first-order chi connectivity index (χ1) is 6.99. The number of benzene rings is 1. The smallest absolute Gasteiger partial charge is 0.170 e. The number of aryl methyl sites for hydroxylation is 1. The molecule has 1 aromatic rings. The van der Waals surface area contributed by atoms with Crippen molar-refractivity contribution in [3.8, 4) is 0 Å². The Kier molecular flexibility index (Phi) is 3.77. The standard InChI is InChI=1S/C10H10ClF2NO/c1-5-4-6(11)10(13)8(9(5)12)7(15)2-3-14/h4H,2-3,14H2,1H3. The largest absolute Gasteiger partial charge is 0.330 e. The molecule has 1 aromatic carbocycles. The third kappa shape index (κ3) is 2.33. The van der Waals surface area contributed by atoms with Crippen LogP contribution in [0.15, 0.2) is 6.07 Å². The second-order valence-electron chi connectivity index (χ2n) is 3.14. The summed E-state index contributed by atoms with van der Waals surface area (Å²) >= 11 is 5.51. The van der Waals surface area contributed by atoms with Crippen molar-refractivity contribution in [2.45, 2.75) is 13.3 Å². The second kappa shape index (κ2) is 4.68. The summed E-state index contributed by atoms with van der Waals surface area (Å²) in [5, 5.41) is -0.255. The van der Waals surface area contributed by atoms with Gasteiger partial charge < -0.3 is 5.73 Å². The normalized spacial score (nSPS) is 10.5. The number of hydrogen-bond acceptors (Lipinski definition) is 2. The number of carbonyl (C=O) groups is 1. The highest BCUT2D eigenvalue weighted by atomic mass is 35.5. The van der Waals surface area contributed by atoms with E-state index in [1.165, 1.54) is 6.92 Å².